The van der Waals surface area contributed by atoms with Gasteiger partial charge < -0.3 is 58.9 Å². The van der Waals surface area contributed by atoms with Crippen molar-refractivity contribution >= 4 is 44.6 Å². The number of cyclic esters (lactones) is 2. The highest BCUT2D eigenvalue weighted by Gasteiger charge is 2.09. The zero-order valence-corrected chi connectivity index (χ0v) is 52.3. The molecule has 0 radical (unpaired) electrons. The number of benzene rings is 3. The lowest BCUT2D eigenvalue weighted by Gasteiger charge is -2.11. The van der Waals surface area contributed by atoms with Crippen molar-refractivity contribution in [3.8, 4) is 0 Å². The van der Waals surface area contributed by atoms with E-state index in [1.54, 1.807) is 37.1 Å². The Morgan fingerprint density at radius 1 is 0.303 bits per heavy atom. The highest BCUT2D eigenvalue weighted by molar-refractivity contribution is 5.81. The van der Waals surface area contributed by atoms with E-state index in [0.717, 1.165) is 141 Å². The minimum absolute atomic E-state index is 0.0359. The highest BCUT2D eigenvalue weighted by atomic mass is 16.6. The number of piperazine rings is 1. The standard InChI is InChI=1S/2C9H7N.C8H6N2.C5H11N.C5H5N.C5H8O2.C5H10O.C4H10N2.C4H9NO.C4H8O2.C4H6O2.C4H8O.C3H3NO/c1-2-6-9-8(4-1)5-3-7-10-9;1-2-4-9-7-10-6-5-8(9)3-1;1-2-4-8-7(3-1)9-5-6-10-8;2*1-2-4-6-5-3-1;6-5-3-1-2-4-7-5;1-2-4-6-5-3-1;1-2-6-4-3-5-1;1-3-6-4-2-5-1;1-2-6-4-3-5-1;5-4-2-1-3-6-4;2*1-2-4-5-3-1/h2*1-7H;1-6H;6H,1-5H2;1-5H;1-4H2;1-5H2;5-6H,1-4H2;5H,1-4H2;1-4H2;1-3H2;1-4H2;1-3H. The number of pyridine rings is 3. The van der Waals surface area contributed by atoms with Gasteiger partial charge in [-0.05, 0) is 137 Å². The molecule has 484 valence electrons. The zero-order chi connectivity index (χ0) is 62.5. The van der Waals surface area contributed by atoms with Crippen molar-refractivity contribution in [1.82, 2.24) is 51.3 Å². The number of fused-ring (bicyclic) bond motifs is 3. The molecule has 8 aliphatic heterocycles. The maximum Gasteiger partial charge on any atom is 0.305 e. The first-order chi connectivity index (χ1) is 44.2. The fourth-order valence-electron chi connectivity index (χ4n) is 8.10. The van der Waals surface area contributed by atoms with Crippen LogP contribution in [0.2, 0.25) is 0 Å². The average molecular weight is 1230 g/mol. The maximum absolute atomic E-state index is 10.2. The molecule has 0 saturated carbocycles. The van der Waals surface area contributed by atoms with Gasteiger partial charge in [-0.25, -0.2) is 0 Å². The number of piperidine rings is 1. The van der Waals surface area contributed by atoms with E-state index < -0.39 is 0 Å². The number of aromatic nitrogens is 6. The molecule has 8 aromatic rings. The van der Waals surface area contributed by atoms with Crippen molar-refractivity contribution in [3.05, 3.63) is 171 Å². The summed E-state index contributed by atoms with van der Waals surface area (Å²) < 4.78 is 38.4. The largest absolute Gasteiger partial charge is 0.466 e. The lowest BCUT2D eigenvalue weighted by atomic mass is 10.2. The second kappa shape index (κ2) is 56.0. The minimum atomic E-state index is -0.0463. The Kier molecular flexibility index (Phi) is 46.7. The van der Waals surface area contributed by atoms with E-state index in [-0.39, 0.29) is 11.9 Å². The number of hydrogen-bond donors (Lipinski definition) is 4. The summed E-state index contributed by atoms with van der Waals surface area (Å²) in [6.45, 7) is 19.3. The van der Waals surface area contributed by atoms with Crippen molar-refractivity contribution in [2.45, 2.75) is 83.5 Å². The molecular weight excluding hydrogens is 1130 g/mol. The predicted octanol–water partition coefficient (Wildman–Crippen LogP) is 10.5. The molecule has 20 nitrogen and oxygen atoms in total. The van der Waals surface area contributed by atoms with E-state index in [4.69, 9.17) is 23.7 Å². The Balaban J connectivity index is 0.000000208. The Hall–Kier alpha value is -7.24. The van der Waals surface area contributed by atoms with Crippen LogP contribution in [-0.2, 0) is 42.7 Å². The van der Waals surface area contributed by atoms with Crippen LogP contribution in [0, 0.1) is 0 Å². The normalized spacial score (nSPS) is 16.9. The summed E-state index contributed by atoms with van der Waals surface area (Å²) in [5.41, 5.74) is 2.96. The number of rotatable bonds is 0. The van der Waals surface area contributed by atoms with Gasteiger partial charge in [0.05, 0.1) is 75.6 Å². The van der Waals surface area contributed by atoms with Gasteiger partial charge in [0.2, 0.25) is 0 Å². The molecule has 20 heteroatoms. The number of carbonyl (C=O) groups is 2. The van der Waals surface area contributed by atoms with Gasteiger partial charge in [0.25, 0.3) is 0 Å². The van der Waals surface area contributed by atoms with Crippen LogP contribution in [-0.4, -0.2) is 174 Å². The van der Waals surface area contributed by atoms with Crippen molar-refractivity contribution in [1.29, 1.82) is 0 Å². The van der Waals surface area contributed by atoms with E-state index in [9.17, 15) is 9.59 Å². The van der Waals surface area contributed by atoms with Gasteiger partial charge in [-0.2, -0.15) is 0 Å². The summed E-state index contributed by atoms with van der Waals surface area (Å²) in [6, 6.07) is 37.5. The van der Waals surface area contributed by atoms with Crippen molar-refractivity contribution in [3.63, 3.8) is 0 Å². The topological polar surface area (TPSA) is 237 Å². The zero-order valence-electron chi connectivity index (χ0n) is 52.3. The average Bonchev–Trinajstić information content (AvgIpc) is 4.63. The van der Waals surface area contributed by atoms with Crippen molar-refractivity contribution < 1.29 is 47.3 Å². The van der Waals surface area contributed by atoms with E-state index in [1.807, 2.05) is 104 Å². The van der Waals surface area contributed by atoms with E-state index in [0.29, 0.717) is 26.1 Å². The monoisotopic (exact) mass is 1230 g/mol. The highest BCUT2D eigenvalue weighted by Crippen LogP contribution is 2.11. The van der Waals surface area contributed by atoms with Gasteiger partial charge in [0.1, 0.15) is 6.26 Å². The van der Waals surface area contributed by atoms with Gasteiger partial charge in [-0.3, -0.25) is 34.5 Å². The second-order valence-corrected chi connectivity index (χ2v) is 20.1. The first-order valence-corrected chi connectivity index (χ1v) is 31.7. The van der Waals surface area contributed by atoms with Gasteiger partial charge in [-0.15, -0.1) is 0 Å². The summed E-state index contributed by atoms with van der Waals surface area (Å²) in [7, 11) is 0. The van der Waals surface area contributed by atoms with E-state index in [1.165, 1.54) is 86.9 Å². The van der Waals surface area contributed by atoms with Crippen LogP contribution >= 0.6 is 0 Å². The third kappa shape index (κ3) is 43.1. The molecular formula is C69H98N10O10. The molecule has 4 N–H and O–H groups in total. The molecule has 0 aliphatic carbocycles. The van der Waals surface area contributed by atoms with Crippen LogP contribution < -0.4 is 21.3 Å². The molecule has 3 aromatic carbocycles. The van der Waals surface area contributed by atoms with Gasteiger partial charge in [-0.1, -0.05) is 78.3 Å². The predicted molar refractivity (Wildman–Crippen MR) is 351 cm³/mol. The molecule has 0 bridgehead atoms. The SMILES string of the molecule is C1CCNCC1.C1CCOC1.C1CCOCC1.C1CNCCN1.C1COCCN1.C1COCCO1.O=C1CCCCO1.O=C1CCCO1.c1ccc2cnccc2c1.c1ccc2ncccc2c1.c1ccc2nccnc2c1.c1ccncc1.c1cnoc1. The van der Waals surface area contributed by atoms with Crippen LogP contribution in [0.1, 0.15) is 83.5 Å². The molecule has 5 aromatic heterocycles. The number of nitrogens with zero attached hydrogens (tertiary/aromatic N) is 6. The Morgan fingerprint density at radius 3 is 1.12 bits per heavy atom. The number of para-hydroxylation sites is 3. The summed E-state index contributed by atoms with van der Waals surface area (Å²) in [4.78, 5) is 40.5. The molecule has 89 heavy (non-hydrogen) atoms. The third-order valence-corrected chi connectivity index (χ3v) is 12.8. The van der Waals surface area contributed by atoms with Crippen LogP contribution in [0.3, 0.4) is 0 Å². The van der Waals surface area contributed by atoms with Crippen molar-refractivity contribution in [2.75, 3.05) is 132 Å². The summed E-state index contributed by atoms with van der Waals surface area (Å²) in [5.74, 6) is -0.0822. The number of ether oxygens (including phenoxy) is 7. The fourth-order valence-corrected chi connectivity index (χ4v) is 8.10. The van der Waals surface area contributed by atoms with Gasteiger partial charge in [0, 0.05) is 127 Å². The van der Waals surface area contributed by atoms with Crippen LogP contribution in [0.15, 0.2) is 176 Å². The molecule has 16 rings (SSSR count). The smallest absolute Gasteiger partial charge is 0.305 e. The molecule has 0 amide bonds. The molecule has 0 spiro atoms. The minimum Gasteiger partial charge on any atom is -0.466 e. The number of hydrogen-bond acceptors (Lipinski definition) is 20. The number of esters is 2. The lowest BCUT2D eigenvalue weighted by Crippen LogP contribution is -2.39. The summed E-state index contributed by atoms with van der Waals surface area (Å²) >= 11 is 0. The Bertz CT molecular complexity index is 2260. The first kappa shape index (κ1) is 74.2. The first-order valence-electron chi connectivity index (χ1n) is 31.7. The Morgan fingerprint density at radius 2 is 0.775 bits per heavy atom. The van der Waals surface area contributed by atoms with Gasteiger partial charge in [0.15, 0.2) is 0 Å². The molecule has 8 aliphatic rings. The lowest BCUT2D eigenvalue weighted by molar-refractivity contribution is -0.146. The van der Waals surface area contributed by atoms with Crippen LogP contribution in [0.4, 0.5) is 0 Å². The second-order valence-electron chi connectivity index (χ2n) is 20.1. The fraction of sp³-hybridized carbons (Fsp3) is 0.478. The summed E-state index contributed by atoms with van der Waals surface area (Å²) in [5, 5.41) is 19.9. The quantitative estimate of drug-likeness (QED) is 0.103. The summed E-state index contributed by atoms with van der Waals surface area (Å²) in [6.07, 6.45) is 30.4. The number of nitrogens with one attached hydrogen (secondary N) is 4. The van der Waals surface area contributed by atoms with Crippen molar-refractivity contribution in [2.24, 2.45) is 0 Å². The third-order valence-electron chi connectivity index (χ3n) is 12.8. The van der Waals surface area contributed by atoms with E-state index in [2.05, 4.69) is 89.6 Å². The number of carbonyl (C=O) groups excluding carboxylic acids is 2. The Labute approximate surface area is 527 Å². The molecule has 8 saturated heterocycles. The molecule has 0 unspecified atom stereocenters. The molecule has 8 fully saturated rings. The van der Waals surface area contributed by atoms with Gasteiger partial charge >= 0.3 is 11.9 Å². The number of morpholine rings is 1. The maximum atomic E-state index is 10.2. The van der Waals surface area contributed by atoms with Crippen LogP contribution in [0.5, 0.6) is 0 Å². The molecule has 13 heterocycles. The molecule has 0 atom stereocenters. The van der Waals surface area contributed by atoms with E-state index >= 15 is 0 Å². The van der Waals surface area contributed by atoms with Crippen LogP contribution in [0.25, 0.3) is 32.7 Å².